The first kappa shape index (κ1) is 13.5. The number of nitrogens with one attached hydrogen (secondary N) is 1. The summed E-state index contributed by atoms with van der Waals surface area (Å²) in [5.74, 6) is 0.201. The van der Waals surface area contributed by atoms with Gasteiger partial charge in [-0.25, -0.2) is 0 Å². The quantitative estimate of drug-likeness (QED) is 0.763. The molecule has 0 radical (unpaired) electrons. The molecule has 1 heterocycles. The van der Waals surface area contributed by atoms with Crippen molar-refractivity contribution in [2.45, 2.75) is 45.3 Å². The number of nitrogens with zero attached hydrogens (tertiary/aromatic N) is 1. The van der Waals surface area contributed by atoms with Gasteiger partial charge in [-0.1, -0.05) is 6.42 Å². The molecule has 1 aliphatic heterocycles. The number of likely N-dealkylation sites (N-methyl/N-ethyl adjacent to an activating group) is 1. The van der Waals surface area contributed by atoms with Crippen molar-refractivity contribution >= 4 is 5.91 Å². The van der Waals surface area contributed by atoms with Gasteiger partial charge in [0, 0.05) is 13.6 Å². The Morgan fingerprint density at radius 2 is 2.25 bits per heavy atom. The molecule has 0 spiro atoms. The maximum absolute atomic E-state index is 12.0. The lowest BCUT2D eigenvalue weighted by Crippen LogP contribution is -2.48. The zero-order valence-electron chi connectivity index (χ0n) is 10.7. The normalized spacial score (nSPS) is 21.1. The van der Waals surface area contributed by atoms with Crippen molar-refractivity contribution in [1.29, 1.82) is 0 Å². The molecule has 1 saturated heterocycles. The van der Waals surface area contributed by atoms with Crippen LogP contribution in [0.5, 0.6) is 0 Å². The fourth-order valence-corrected chi connectivity index (χ4v) is 1.86. The fraction of sp³-hybridized carbons (Fsp3) is 0.917. The lowest BCUT2D eigenvalue weighted by atomic mass is 10.0. The molecule has 1 rings (SSSR count). The van der Waals surface area contributed by atoms with Gasteiger partial charge in [-0.3, -0.25) is 4.79 Å². The Kier molecular flexibility index (Phi) is 5.77. The minimum absolute atomic E-state index is 0.0257. The summed E-state index contributed by atoms with van der Waals surface area (Å²) >= 11 is 0. The molecule has 4 heteroatoms. The average Bonchev–Trinajstić information content (AvgIpc) is 2.28. The van der Waals surface area contributed by atoms with E-state index in [0.29, 0.717) is 13.2 Å². The van der Waals surface area contributed by atoms with Crippen molar-refractivity contribution in [2.75, 3.05) is 26.7 Å². The van der Waals surface area contributed by atoms with Crippen LogP contribution < -0.4 is 5.32 Å². The van der Waals surface area contributed by atoms with E-state index in [4.69, 9.17) is 4.74 Å². The van der Waals surface area contributed by atoms with Gasteiger partial charge in [-0.05, 0) is 33.2 Å². The molecule has 1 amide bonds. The second kappa shape index (κ2) is 6.86. The Bertz CT molecular complexity index is 213. The number of rotatable bonds is 5. The van der Waals surface area contributed by atoms with Crippen LogP contribution >= 0.6 is 0 Å². The Morgan fingerprint density at radius 3 is 2.81 bits per heavy atom. The van der Waals surface area contributed by atoms with Crippen molar-refractivity contribution in [3.05, 3.63) is 0 Å². The standard InChI is InChI=1S/C12H24N2O2/c1-10(2)16-9-8-14(3)12(15)11-6-4-5-7-13-11/h10-11,13H,4-9H2,1-3H3/t11-/m0/s1. The van der Waals surface area contributed by atoms with Gasteiger partial charge in [0.2, 0.25) is 5.91 Å². The minimum atomic E-state index is 0.0257. The molecule has 1 aliphatic rings. The third-order valence-electron chi connectivity index (χ3n) is 2.86. The minimum Gasteiger partial charge on any atom is -0.377 e. The summed E-state index contributed by atoms with van der Waals surface area (Å²) in [6.45, 7) is 6.27. The van der Waals surface area contributed by atoms with Crippen molar-refractivity contribution in [1.82, 2.24) is 10.2 Å². The van der Waals surface area contributed by atoms with Gasteiger partial charge in [0.15, 0.2) is 0 Å². The fourth-order valence-electron chi connectivity index (χ4n) is 1.86. The number of ether oxygens (including phenoxy) is 1. The smallest absolute Gasteiger partial charge is 0.239 e. The third kappa shape index (κ3) is 4.49. The molecule has 1 atom stereocenters. The highest BCUT2D eigenvalue weighted by Crippen LogP contribution is 2.09. The van der Waals surface area contributed by atoms with Gasteiger partial charge in [0.25, 0.3) is 0 Å². The number of hydrogen-bond donors (Lipinski definition) is 1. The number of piperidine rings is 1. The van der Waals surface area contributed by atoms with Crippen molar-refractivity contribution in [3.8, 4) is 0 Å². The Labute approximate surface area is 98.3 Å². The van der Waals surface area contributed by atoms with Crippen molar-refractivity contribution in [2.24, 2.45) is 0 Å². The van der Waals surface area contributed by atoms with E-state index in [-0.39, 0.29) is 18.1 Å². The molecule has 1 N–H and O–H groups in total. The van der Waals surface area contributed by atoms with E-state index >= 15 is 0 Å². The molecule has 0 aromatic heterocycles. The van der Waals surface area contributed by atoms with Crippen LogP contribution in [0.3, 0.4) is 0 Å². The van der Waals surface area contributed by atoms with E-state index in [9.17, 15) is 4.79 Å². The summed E-state index contributed by atoms with van der Waals surface area (Å²) < 4.78 is 5.44. The van der Waals surface area contributed by atoms with Gasteiger partial charge in [0.05, 0.1) is 18.8 Å². The van der Waals surface area contributed by atoms with E-state index in [1.807, 2.05) is 20.9 Å². The van der Waals surface area contributed by atoms with Gasteiger partial charge in [-0.2, -0.15) is 0 Å². The van der Waals surface area contributed by atoms with Crippen LogP contribution in [0.1, 0.15) is 33.1 Å². The molecule has 0 unspecified atom stereocenters. The van der Waals surface area contributed by atoms with Crippen LogP contribution in [0.4, 0.5) is 0 Å². The van der Waals surface area contributed by atoms with Crippen molar-refractivity contribution in [3.63, 3.8) is 0 Å². The van der Waals surface area contributed by atoms with Crippen molar-refractivity contribution < 1.29 is 9.53 Å². The van der Waals surface area contributed by atoms with Crippen LogP contribution in [-0.4, -0.2) is 49.7 Å². The van der Waals surface area contributed by atoms with Crippen LogP contribution in [0.15, 0.2) is 0 Å². The molecule has 4 nitrogen and oxygen atoms in total. The Morgan fingerprint density at radius 1 is 1.50 bits per heavy atom. The van der Waals surface area contributed by atoms with Crippen LogP contribution in [0.2, 0.25) is 0 Å². The molecule has 0 aromatic carbocycles. The topological polar surface area (TPSA) is 41.6 Å². The summed E-state index contributed by atoms with van der Waals surface area (Å²) in [6.07, 6.45) is 3.54. The highest BCUT2D eigenvalue weighted by atomic mass is 16.5. The molecule has 0 aromatic rings. The maximum atomic E-state index is 12.0. The highest BCUT2D eigenvalue weighted by Gasteiger charge is 2.23. The molecule has 16 heavy (non-hydrogen) atoms. The monoisotopic (exact) mass is 228 g/mol. The number of carbonyl (C=O) groups is 1. The van der Waals surface area contributed by atoms with E-state index in [1.54, 1.807) is 4.90 Å². The second-order valence-corrected chi connectivity index (χ2v) is 4.68. The maximum Gasteiger partial charge on any atom is 0.239 e. The number of amides is 1. The number of hydrogen-bond acceptors (Lipinski definition) is 3. The van der Waals surface area contributed by atoms with E-state index < -0.39 is 0 Å². The second-order valence-electron chi connectivity index (χ2n) is 4.68. The first-order valence-corrected chi connectivity index (χ1v) is 6.21. The van der Waals surface area contributed by atoms with Crippen LogP contribution in [0, 0.1) is 0 Å². The molecule has 0 saturated carbocycles. The molecule has 0 aliphatic carbocycles. The zero-order chi connectivity index (χ0) is 12.0. The van der Waals surface area contributed by atoms with Gasteiger partial charge < -0.3 is 15.0 Å². The summed E-state index contributed by atoms with van der Waals surface area (Å²) in [5.41, 5.74) is 0. The molecule has 0 bridgehead atoms. The van der Waals surface area contributed by atoms with Gasteiger partial charge in [0.1, 0.15) is 0 Å². The average molecular weight is 228 g/mol. The summed E-state index contributed by atoms with van der Waals surface area (Å²) in [7, 11) is 1.85. The largest absolute Gasteiger partial charge is 0.377 e. The van der Waals surface area contributed by atoms with Gasteiger partial charge >= 0.3 is 0 Å². The molecule has 94 valence electrons. The third-order valence-corrected chi connectivity index (χ3v) is 2.86. The first-order valence-electron chi connectivity index (χ1n) is 6.21. The van der Waals surface area contributed by atoms with E-state index in [2.05, 4.69) is 5.32 Å². The van der Waals surface area contributed by atoms with E-state index in [1.165, 1.54) is 6.42 Å². The zero-order valence-corrected chi connectivity index (χ0v) is 10.7. The van der Waals surface area contributed by atoms with Gasteiger partial charge in [-0.15, -0.1) is 0 Å². The lowest BCUT2D eigenvalue weighted by molar-refractivity contribution is -0.133. The van der Waals surface area contributed by atoms with Crippen LogP contribution in [0.25, 0.3) is 0 Å². The first-order chi connectivity index (χ1) is 7.61. The predicted molar refractivity (Wildman–Crippen MR) is 64.4 cm³/mol. The predicted octanol–water partition coefficient (Wildman–Crippen LogP) is 1.01. The molecular formula is C12H24N2O2. The molecule has 1 fully saturated rings. The lowest BCUT2D eigenvalue weighted by Gasteiger charge is -2.27. The highest BCUT2D eigenvalue weighted by molar-refractivity contribution is 5.81. The Balaban J connectivity index is 2.23. The summed E-state index contributed by atoms with van der Waals surface area (Å²) in [5, 5.41) is 3.27. The summed E-state index contributed by atoms with van der Waals surface area (Å²) in [6, 6.07) is 0.0257. The number of carbonyl (C=O) groups excluding carboxylic acids is 1. The molecular weight excluding hydrogens is 204 g/mol. The van der Waals surface area contributed by atoms with E-state index in [0.717, 1.165) is 19.4 Å². The summed E-state index contributed by atoms with van der Waals surface area (Å²) in [4.78, 5) is 13.8. The SMILES string of the molecule is CC(C)OCCN(C)C(=O)[C@@H]1CCCCN1. The Hall–Kier alpha value is -0.610. The van der Waals surface area contributed by atoms with Crippen LogP contribution in [-0.2, 0) is 9.53 Å².